The van der Waals surface area contributed by atoms with E-state index in [0.29, 0.717) is 41.6 Å². The summed E-state index contributed by atoms with van der Waals surface area (Å²) in [7, 11) is 0. The third kappa shape index (κ3) is 5.51. The Labute approximate surface area is 204 Å². The molecule has 1 aromatic heterocycles. The number of thioether (sulfide) groups is 1. The number of nitrogens with one attached hydrogen (secondary N) is 1. The highest BCUT2D eigenvalue weighted by atomic mass is 32.2. The molecular weight excluding hydrogens is 476 g/mol. The van der Waals surface area contributed by atoms with Crippen molar-refractivity contribution in [2.24, 2.45) is 0 Å². The molecule has 2 aromatic carbocycles. The predicted molar refractivity (Wildman–Crippen MR) is 132 cm³/mol. The van der Waals surface area contributed by atoms with Crippen molar-refractivity contribution in [3.05, 3.63) is 69.8 Å². The van der Waals surface area contributed by atoms with Crippen molar-refractivity contribution < 1.29 is 14.5 Å². The minimum atomic E-state index is -0.472. The largest absolute Gasteiger partial charge is 0.343 e. The minimum Gasteiger partial charge on any atom is -0.343 e. The van der Waals surface area contributed by atoms with Gasteiger partial charge < -0.3 is 15.1 Å². The van der Waals surface area contributed by atoms with Gasteiger partial charge in [0.25, 0.3) is 11.6 Å². The SMILES string of the molecule is Cc1c(C(=O)N2CCN(c3nnc(SCC(=O)Nc4ccccc4)s3)CC2)cccc1[N+](=O)[O-]. The van der Waals surface area contributed by atoms with Gasteiger partial charge in [0.1, 0.15) is 0 Å². The molecular formula is C22H22N6O4S2. The van der Waals surface area contributed by atoms with Crippen LogP contribution >= 0.6 is 23.1 Å². The van der Waals surface area contributed by atoms with E-state index in [1.165, 1.54) is 35.2 Å². The van der Waals surface area contributed by atoms with Crippen LogP contribution in [-0.4, -0.2) is 63.8 Å². The summed E-state index contributed by atoms with van der Waals surface area (Å²) in [4.78, 5) is 39.5. The zero-order valence-electron chi connectivity index (χ0n) is 18.3. The first-order valence-corrected chi connectivity index (χ1v) is 12.3. The molecule has 1 saturated heterocycles. The summed E-state index contributed by atoms with van der Waals surface area (Å²) in [5.41, 5.74) is 1.42. The van der Waals surface area contributed by atoms with Crippen LogP contribution in [0.1, 0.15) is 15.9 Å². The molecule has 2 heterocycles. The fourth-order valence-corrected chi connectivity index (χ4v) is 5.25. The normalized spacial score (nSPS) is 13.6. The van der Waals surface area contributed by atoms with E-state index >= 15 is 0 Å². The van der Waals surface area contributed by atoms with Crippen LogP contribution in [0.25, 0.3) is 0 Å². The number of carbonyl (C=O) groups is 2. The zero-order chi connectivity index (χ0) is 24.1. The number of nitrogens with zero attached hydrogens (tertiary/aromatic N) is 5. The molecule has 4 rings (SSSR count). The predicted octanol–water partition coefficient (Wildman–Crippen LogP) is 3.45. The lowest BCUT2D eigenvalue weighted by atomic mass is 10.1. The summed E-state index contributed by atoms with van der Waals surface area (Å²) >= 11 is 2.74. The second-order valence-corrected chi connectivity index (χ2v) is 9.72. The van der Waals surface area contributed by atoms with E-state index in [-0.39, 0.29) is 23.3 Å². The summed E-state index contributed by atoms with van der Waals surface area (Å²) in [6.45, 7) is 3.70. The number of anilines is 2. The number of amides is 2. The average Bonchev–Trinajstić information content (AvgIpc) is 3.32. The molecule has 3 aromatic rings. The molecule has 0 atom stereocenters. The number of nitro groups is 1. The first-order valence-electron chi connectivity index (χ1n) is 10.5. The number of carbonyl (C=O) groups excluding carboxylic acids is 2. The highest BCUT2D eigenvalue weighted by molar-refractivity contribution is 8.01. The van der Waals surface area contributed by atoms with Gasteiger partial charge in [0.15, 0.2) is 4.34 Å². The number of para-hydroxylation sites is 1. The van der Waals surface area contributed by atoms with E-state index in [4.69, 9.17) is 0 Å². The molecule has 176 valence electrons. The van der Waals surface area contributed by atoms with E-state index in [0.717, 1.165) is 10.8 Å². The third-order valence-electron chi connectivity index (χ3n) is 5.35. The van der Waals surface area contributed by atoms with E-state index in [1.807, 2.05) is 30.3 Å². The summed E-state index contributed by atoms with van der Waals surface area (Å²) in [6.07, 6.45) is 0. The number of hydrogen-bond acceptors (Lipinski definition) is 9. The Morgan fingerprint density at radius 1 is 1.09 bits per heavy atom. The lowest BCUT2D eigenvalue weighted by molar-refractivity contribution is -0.385. The Kier molecular flexibility index (Phi) is 7.38. The highest BCUT2D eigenvalue weighted by Crippen LogP contribution is 2.29. The summed E-state index contributed by atoms with van der Waals surface area (Å²) < 4.78 is 0.698. The van der Waals surface area contributed by atoms with Crippen LogP contribution in [0.3, 0.4) is 0 Å². The molecule has 0 saturated carbocycles. The van der Waals surface area contributed by atoms with Gasteiger partial charge in [-0.05, 0) is 25.1 Å². The topological polar surface area (TPSA) is 122 Å². The fourth-order valence-electron chi connectivity index (χ4n) is 3.56. The van der Waals surface area contributed by atoms with Crippen LogP contribution in [-0.2, 0) is 4.79 Å². The van der Waals surface area contributed by atoms with Gasteiger partial charge in [-0.3, -0.25) is 19.7 Å². The minimum absolute atomic E-state index is 0.0548. The lowest BCUT2D eigenvalue weighted by Gasteiger charge is -2.34. The van der Waals surface area contributed by atoms with Gasteiger partial charge in [-0.15, -0.1) is 10.2 Å². The Morgan fingerprint density at radius 3 is 2.53 bits per heavy atom. The first kappa shape index (κ1) is 23.6. The van der Waals surface area contributed by atoms with E-state index in [1.54, 1.807) is 17.9 Å². The molecule has 2 amide bonds. The second-order valence-electron chi connectivity index (χ2n) is 7.54. The van der Waals surface area contributed by atoms with Crippen LogP contribution < -0.4 is 10.2 Å². The third-order valence-corrected chi connectivity index (χ3v) is 7.47. The Bertz CT molecular complexity index is 1200. The molecule has 34 heavy (non-hydrogen) atoms. The molecule has 0 spiro atoms. The van der Waals surface area contributed by atoms with Crippen molar-refractivity contribution >= 4 is 51.4 Å². The maximum absolute atomic E-state index is 12.9. The summed E-state index contributed by atoms with van der Waals surface area (Å²) in [5, 5.41) is 23.2. The van der Waals surface area contributed by atoms with Crippen molar-refractivity contribution in [3.8, 4) is 0 Å². The molecule has 12 heteroatoms. The van der Waals surface area contributed by atoms with E-state index < -0.39 is 4.92 Å². The van der Waals surface area contributed by atoms with Crippen molar-refractivity contribution in [3.63, 3.8) is 0 Å². The van der Waals surface area contributed by atoms with Crippen LogP contribution in [0.4, 0.5) is 16.5 Å². The quantitative estimate of drug-likeness (QED) is 0.299. The molecule has 1 fully saturated rings. The molecule has 0 radical (unpaired) electrons. The average molecular weight is 499 g/mol. The van der Waals surface area contributed by atoms with Gasteiger partial charge in [-0.2, -0.15) is 0 Å². The first-order chi connectivity index (χ1) is 16.4. The fraction of sp³-hybridized carbons (Fsp3) is 0.273. The molecule has 10 nitrogen and oxygen atoms in total. The van der Waals surface area contributed by atoms with Gasteiger partial charge in [0.2, 0.25) is 11.0 Å². The van der Waals surface area contributed by atoms with Crippen molar-refractivity contribution in [1.29, 1.82) is 0 Å². The summed E-state index contributed by atoms with van der Waals surface area (Å²) in [5.74, 6) is -0.0933. The number of rotatable bonds is 7. The Hall–Kier alpha value is -3.51. The van der Waals surface area contributed by atoms with E-state index in [2.05, 4.69) is 20.4 Å². The summed E-state index contributed by atoms with van der Waals surface area (Å²) in [6, 6.07) is 13.8. The van der Waals surface area contributed by atoms with Crippen LogP contribution in [0.15, 0.2) is 52.9 Å². The maximum Gasteiger partial charge on any atom is 0.273 e. The standard InChI is InChI=1S/C22H22N6O4S2/c1-15-17(8-5-9-18(15)28(31)32)20(30)26-10-12-27(13-11-26)21-24-25-22(34-21)33-14-19(29)23-16-6-3-2-4-7-16/h2-9H,10-14H2,1H3,(H,23,29). The van der Waals surface area contributed by atoms with Gasteiger partial charge >= 0.3 is 0 Å². The molecule has 0 unspecified atom stereocenters. The van der Waals surface area contributed by atoms with Crippen molar-refractivity contribution in [2.45, 2.75) is 11.3 Å². The smallest absolute Gasteiger partial charge is 0.273 e. The molecule has 0 bridgehead atoms. The highest BCUT2D eigenvalue weighted by Gasteiger charge is 2.27. The van der Waals surface area contributed by atoms with Crippen LogP contribution in [0.5, 0.6) is 0 Å². The zero-order valence-corrected chi connectivity index (χ0v) is 20.0. The molecule has 1 aliphatic rings. The van der Waals surface area contributed by atoms with Crippen molar-refractivity contribution in [1.82, 2.24) is 15.1 Å². The van der Waals surface area contributed by atoms with Gasteiger partial charge in [-0.1, -0.05) is 47.4 Å². The van der Waals surface area contributed by atoms with Gasteiger partial charge in [0.05, 0.1) is 10.7 Å². The Balaban J connectivity index is 1.29. The number of piperazine rings is 1. The Morgan fingerprint density at radius 2 is 1.82 bits per heavy atom. The van der Waals surface area contributed by atoms with E-state index in [9.17, 15) is 19.7 Å². The van der Waals surface area contributed by atoms with Crippen LogP contribution in [0.2, 0.25) is 0 Å². The molecule has 0 aliphatic carbocycles. The van der Waals surface area contributed by atoms with Crippen LogP contribution in [0, 0.1) is 17.0 Å². The molecule has 1 aliphatic heterocycles. The number of benzene rings is 2. The lowest BCUT2D eigenvalue weighted by Crippen LogP contribution is -2.49. The second kappa shape index (κ2) is 10.6. The monoisotopic (exact) mass is 498 g/mol. The number of aromatic nitrogens is 2. The molecule has 1 N–H and O–H groups in total. The van der Waals surface area contributed by atoms with Gasteiger partial charge in [-0.25, -0.2) is 0 Å². The number of hydrogen-bond donors (Lipinski definition) is 1. The maximum atomic E-state index is 12.9. The van der Waals surface area contributed by atoms with Gasteiger partial charge in [0, 0.05) is 49.1 Å². The van der Waals surface area contributed by atoms with Crippen molar-refractivity contribution in [2.75, 3.05) is 42.1 Å². The number of nitro benzene ring substituents is 1.